The lowest BCUT2D eigenvalue weighted by Crippen LogP contribution is -2.47. The summed E-state index contributed by atoms with van der Waals surface area (Å²) < 4.78 is 42.2. The Balaban J connectivity index is 1.74. The number of hydrogen-bond acceptors (Lipinski definition) is 7. The van der Waals surface area contributed by atoms with Gasteiger partial charge in [-0.2, -0.15) is 0 Å². The van der Waals surface area contributed by atoms with Crippen LogP contribution in [0.25, 0.3) is 0 Å². The SMILES string of the molecule is COCCNC(=O)C[C@H]1C[C@H]2c3cc(NS(C)(=O)=O)ccc3O[C@H]2[C@@H](CO)O1. The van der Waals surface area contributed by atoms with E-state index in [9.17, 15) is 18.3 Å². The zero-order valence-electron chi connectivity index (χ0n) is 15.9. The van der Waals surface area contributed by atoms with Gasteiger partial charge < -0.3 is 24.6 Å². The molecule has 1 aromatic rings. The fourth-order valence-electron chi connectivity index (χ4n) is 3.74. The van der Waals surface area contributed by atoms with Gasteiger partial charge in [-0.1, -0.05) is 0 Å². The Bertz CT molecular complexity index is 814. The maximum absolute atomic E-state index is 12.1. The second-order valence-corrected chi connectivity index (χ2v) is 8.83. The minimum atomic E-state index is -3.40. The van der Waals surface area contributed by atoms with Crippen molar-refractivity contribution in [3.8, 4) is 5.75 Å². The Hall–Kier alpha value is -1.88. The van der Waals surface area contributed by atoms with Gasteiger partial charge >= 0.3 is 0 Å². The first-order valence-corrected chi connectivity index (χ1v) is 11.0. The summed E-state index contributed by atoms with van der Waals surface area (Å²) in [4.78, 5) is 12.1. The summed E-state index contributed by atoms with van der Waals surface area (Å²) in [5.74, 6) is 0.393. The first-order chi connectivity index (χ1) is 13.3. The van der Waals surface area contributed by atoms with Crippen LogP contribution in [-0.4, -0.2) is 70.9 Å². The van der Waals surface area contributed by atoms with Crippen LogP contribution in [0.3, 0.4) is 0 Å². The highest BCUT2D eigenvalue weighted by molar-refractivity contribution is 7.92. The highest BCUT2D eigenvalue weighted by atomic mass is 32.2. The lowest BCUT2D eigenvalue weighted by molar-refractivity contribution is -0.142. The molecule has 1 fully saturated rings. The molecule has 1 aromatic carbocycles. The quantitative estimate of drug-likeness (QED) is 0.520. The van der Waals surface area contributed by atoms with Crippen LogP contribution in [0.2, 0.25) is 0 Å². The van der Waals surface area contributed by atoms with Gasteiger partial charge in [0, 0.05) is 30.8 Å². The Labute approximate surface area is 164 Å². The third-order valence-electron chi connectivity index (χ3n) is 4.84. The van der Waals surface area contributed by atoms with E-state index in [0.717, 1.165) is 11.8 Å². The van der Waals surface area contributed by atoms with Crippen LogP contribution in [0, 0.1) is 0 Å². The number of methoxy groups -OCH3 is 1. The number of rotatable bonds is 8. The van der Waals surface area contributed by atoms with Crippen molar-refractivity contribution in [2.75, 3.05) is 37.8 Å². The molecule has 1 saturated heterocycles. The van der Waals surface area contributed by atoms with E-state index in [-0.39, 0.29) is 37.1 Å². The average molecular weight is 414 g/mol. The van der Waals surface area contributed by atoms with Crippen molar-refractivity contribution in [2.45, 2.75) is 37.1 Å². The van der Waals surface area contributed by atoms with Gasteiger partial charge in [-0.25, -0.2) is 8.42 Å². The van der Waals surface area contributed by atoms with Crippen molar-refractivity contribution in [1.29, 1.82) is 0 Å². The van der Waals surface area contributed by atoms with E-state index in [4.69, 9.17) is 14.2 Å². The molecule has 2 heterocycles. The highest BCUT2D eigenvalue weighted by Gasteiger charge is 2.46. The summed E-state index contributed by atoms with van der Waals surface area (Å²) in [6, 6.07) is 5.09. The zero-order chi connectivity index (χ0) is 20.3. The summed E-state index contributed by atoms with van der Waals surface area (Å²) >= 11 is 0. The Morgan fingerprint density at radius 3 is 2.86 bits per heavy atom. The Morgan fingerprint density at radius 1 is 1.39 bits per heavy atom. The molecule has 1 amide bonds. The molecule has 0 saturated carbocycles. The maximum Gasteiger partial charge on any atom is 0.229 e. The summed E-state index contributed by atoms with van der Waals surface area (Å²) in [7, 11) is -1.83. The fourth-order valence-corrected chi connectivity index (χ4v) is 4.29. The Morgan fingerprint density at radius 2 is 2.18 bits per heavy atom. The molecule has 2 aliphatic heterocycles. The van der Waals surface area contributed by atoms with E-state index in [1.165, 1.54) is 0 Å². The van der Waals surface area contributed by atoms with Crippen molar-refractivity contribution in [1.82, 2.24) is 5.32 Å². The topological polar surface area (TPSA) is 123 Å². The lowest BCUT2D eigenvalue weighted by Gasteiger charge is -2.37. The number of carbonyl (C=O) groups is 1. The molecule has 0 spiro atoms. The normalized spacial score (nSPS) is 26.1. The van der Waals surface area contributed by atoms with Crippen LogP contribution in [0.15, 0.2) is 18.2 Å². The van der Waals surface area contributed by atoms with Gasteiger partial charge in [-0.15, -0.1) is 0 Å². The molecule has 0 aromatic heterocycles. The van der Waals surface area contributed by atoms with Crippen LogP contribution >= 0.6 is 0 Å². The van der Waals surface area contributed by atoms with E-state index in [1.54, 1.807) is 25.3 Å². The van der Waals surface area contributed by atoms with Crippen LogP contribution in [0.4, 0.5) is 5.69 Å². The molecule has 0 bridgehead atoms. The first kappa shape index (κ1) is 20.8. The molecule has 0 radical (unpaired) electrons. The second-order valence-electron chi connectivity index (χ2n) is 7.08. The number of amides is 1. The number of ether oxygens (including phenoxy) is 3. The summed E-state index contributed by atoms with van der Waals surface area (Å²) in [6.45, 7) is 0.619. The molecule has 4 atom stereocenters. The van der Waals surface area contributed by atoms with Crippen molar-refractivity contribution >= 4 is 21.6 Å². The largest absolute Gasteiger partial charge is 0.487 e. The molecule has 0 aliphatic carbocycles. The number of hydrogen-bond donors (Lipinski definition) is 3. The number of aliphatic hydroxyl groups is 1. The predicted molar refractivity (Wildman–Crippen MR) is 102 cm³/mol. The standard InChI is InChI=1S/C18H26N2O7S/c1-25-6-5-19-17(22)9-12-8-14-13-7-11(20-28(2,23)24)3-4-15(13)27-18(14)16(10-21)26-12/h3-4,7,12,14,16,18,20-21H,5-6,8-10H2,1-2H3,(H,19,22)/t12-,14+,16-,18-/m1/s1. The van der Waals surface area contributed by atoms with Gasteiger partial charge in [0.15, 0.2) is 0 Å². The van der Waals surface area contributed by atoms with Crippen LogP contribution in [-0.2, 0) is 24.3 Å². The van der Waals surface area contributed by atoms with E-state index < -0.39 is 16.1 Å². The van der Waals surface area contributed by atoms with Gasteiger partial charge in [0.1, 0.15) is 18.0 Å². The lowest BCUT2D eigenvalue weighted by atomic mass is 9.84. The molecule has 9 nitrogen and oxygen atoms in total. The highest BCUT2D eigenvalue weighted by Crippen LogP contribution is 2.47. The molecular formula is C18H26N2O7S. The van der Waals surface area contributed by atoms with Crippen molar-refractivity contribution in [3.05, 3.63) is 23.8 Å². The predicted octanol–water partition coefficient (Wildman–Crippen LogP) is 0.205. The summed E-state index contributed by atoms with van der Waals surface area (Å²) in [5.41, 5.74) is 1.30. The number of fused-ring (bicyclic) bond motifs is 3. The van der Waals surface area contributed by atoms with Crippen molar-refractivity contribution in [3.63, 3.8) is 0 Å². The number of anilines is 1. The van der Waals surface area contributed by atoms with Gasteiger partial charge in [-0.3, -0.25) is 9.52 Å². The van der Waals surface area contributed by atoms with E-state index in [0.29, 0.717) is 31.0 Å². The molecule has 10 heteroatoms. The van der Waals surface area contributed by atoms with E-state index in [1.807, 2.05) is 0 Å². The molecule has 28 heavy (non-hydrogen) atoms. The van der Waals surface area contributed by atoms with Crippen LogP contribution in [0.1, 0.15) is 24.3 Å². The average Bonchev–Trinajstić information content (AvgIpc) is 2.98. The first-order valence-electron chi connectivity index (χ1n) is 9.11. The summed E-state index contributed by atoms with van der Waals surface area (Å²) in [5, 5.41) is 12.5. The molecular weight excluding hydrogens is 388 g/mol. The number of carbonyl (C=O) groups excluding carboxylic acids is 1. The molecule has 3 N–H and O–H groups in total. The van der Waals surface area contributed by atoms with Crippen LogP contribution in [0.5, 0.6) is 5.75 Å². The van der Waals surface area contributed by atoms with Gasteiger partial charge in [0.2, 0.25) is 15.9 Å². The fraction of sp³-hybridized carbons (Fsp3) is 0.611. The van der Waals surface area contributed by atoms with Gasteiger partial charge in [-0.05, 0) is 24.6 Å². The second kappa shape index (κ2) is 8.64. The molecule has 2 aliphatic rings. The van der Waals surface area contributed by atoms with E-state index >= 15 is 0 Å². The zero-order valence-corrected chi connectivity index (χ0v) is 16.7. The minimum Gasteiger partial charge on any atom is -0.487 e. The number of aliphatic hydroxyl groups excluding tert-OH is 1. The molecule has 156 valence electrons. The van der Waals surface area contributed by atoms with Gasteiger partial charge in [0.25, 0.3) is 0 Å². The monoisotopic (exact) mass is 414 g/mol. The number of sulfonamides is 1. The van der Waals surface area contributed by atoms with E-state index in [2.05, 4.69) is 10.0 Å². The van der Waals surface area contributed by atoms with Gasteiger partial charge in [0.05, 0.1) is 32.0 Å². The third kappa shape index (κ3) is 4.93. The smallest absolute Gasteiger partial charge is 0.229 e. The van der Waals surface area contributed by atoms with Crippen LogP contribution < -0.4 is 14.8 Å². The minimum absolute atomic E-state index is 0.0982. The van der Waals surface area contributed by atoms with Crippen molar-refractivity contribution < 1.29 is 32.5 Å². The van der Waals surface area contributed by atoms with Crippen molar-refractivity contribution in [2.24, 2.45) is 0 Å². The maximum atomic E-state index is 12.1. The Kier molecular flexibility index (Phi) is 6.43. The third-order valence-corrected chi connectivity index (χ3v) is 5.45. The molecule has 3 rings (SSSR count). The summed E-state index contributed by atoms with van der Waals surface area (Å²) in [6.07, 6.45) is 0.486. The number of nitrogens with one attached hydrogen (secondary N) is 2. The molecule has 0 unspecified atom stereocenters. The number of benzene rings is 1.